The number of amides is 1. The smallest absolute Gasteiger partial charge is 0.416 e. The van der Waals surface area contributed by atoms with Crippen molar-refractivity contribution < 1.29 is 22.7 Å². The van der Waals surface area contributed by atoms with Crippen LogP contribution in [0.3, 0.4) is 0 Å². The van der Waals surface area contributed by atoms with E-state index in [-0.39, 0.29) is 6.04 Å². The number of aromatic nitrogens is 1. The summed E-state index contributed by atoms with van der Waals surface area (Å²) in [7, 11) is 0. The number of pyridine rings is 1. The summed E-state index contributed by atoms with van der Waals surface area (Å²) in [6.07, 6.45) is -0.0239. The summed E-state index contributed by atoms with van der Waals surface area (Å²) in [5.74, 6) is 0. The van der Waals surface area contributed by atoms with Gasteiger partial charge in [0, 0.05) is 37.1 Å². The highest BCUT2D eigenvalue weighted by molar-refractivity contribution is 9.10. The van der Waals surface area contributed by atoms with E-state index in [1.165, 1.54) is 12.1 Å². The predicted molar refractivity (Wildman–Crippen MR) is 117 cm³/mol. The van der Waals surface area contributed by atoms with Crippen LogP contribution in [0.15, 0.2) is 41.1 Å². The molecule has 3 rings (SSSR count). The molecular weight excluding hydrogens is 475 g/mol. The Morgan fingerprint density at radius 2 is 1.74 bits per heavy atom. The molecule has 2 heterocycles. The molecule has 1 amide bonds. The maximum atomic E-state index is 12.9. The Hall–Kier alpha value is -2.29. The first-order chi connectivity index (χ1) is 14.4. The van der Waals surface area contributed by atoms with E-state index >= 15 is 0 Å². The lowest BCUT2D eigenvalue weighted by Gasteiger charge is -2.35. The van der Waals surface area contributed by atoms with Gasteiger partial charge in [-0.05, 0) is 67.2 Å². The third-order valence-electron chi connectivity index (χ3n) is 4.93. The maximum absolute atomic E-state index is 12.9. The van der Waals surface area contributed by atoms with Crippen molar-refractivity contribution in [3.8, 4) is 11.1 Å². The Kier molecular flexibility index (Phi) is 6.83. The topological polar surface area (TPSA) is 54.5 Å². The second-order valence-corrected chi connectivity index (χ2v) is 9.35. The monoisotopic (exact) mass is 499 g/mol. The molecule has 0 radical (unpaired) electrons. The van der Waals surface area contributed by atoms with Crippen LogP contribution in [0, 0.1) is 0 Å². The number of hydrogen-bond acceptors (Lipinski definition) is 4. The van der Waals surface area contributed by atoms with Gasteiger partial charge < -0.3 is 15.0 Å². The molecule has 9 heteroatoms. The number of nitrogens with zero attached hydrogens (tertiary/aromatic N) is 2. The van der Waals surface area contributed by atoms with Gasteiger partial charge >= 0.3 is 12.3 Å². The molecule has 0 atom stereocenters. The lowest BCUT2D eigenvalue weighted by atomic mass is 10.00. The zero-order valence-corrected chi connectivity index (χ0v) is 19.2. The Morgan fingerprint density at radius 1 is 1.13 bits per heavy atom. The lowest BCUT2D eigenvalue weighted by Crippen LogP contribution is -2.46. The zero-order valence-electron chi connectivity index (χ0n) is 17.6. The van der Waals surface area contributed by atoms with Crippen LogP contribution in [0.4, 0.5) is 23.7 Å². The van der Waals surface area contributed by atoms with Gasteiger partial charge in [0.15, 0.2) is 0 Å². The molecule has 0 spiro atoms. The fraction of sp³-hybridized carbons (Fsp3) is 0.455. The fourth-order valence-electron chi connectivity index (χ4n) is 3.52. The lowest BCUT2D eigenvalue weighted by molar-refractivity contribution is -0.137. The third-order valence-corrected chi connectivity index (χ3v) is 5.51. The highest BCUT2D eigenvalue weighted by Gasteiger charge is 2.30. The summed E-state index contributed by atoms with van der Waals surface area (Å²) in [5, 5.41) is 2.91. The first-order valence-corrected chi connectivity index (χ1v) is 10.8. The van der Waals surface area contributed by atoms with Crippen molar-refractivity contribution in [2.45, 2.75) is 51.4 Å². The quantitative estimate of drug-likeness (QED) is 0.560. The second kappa shape index (κ2) is 9.06. The number of nitrogens with one attached hydrogen (secondary N) is 1. The molecular formula is C22H25BrF3N3O2. The largest absolute Gasteiger partial charge is 0.444 e. The number of alkyl carbamates (subject to hydrolysis) is 1. The molecule has 1 aromatic heterocycles. The minimum atomic E-state index is -4.38. The molecule has 1 fully saturated rings. The number of alkyl halides is 3. The molecule has 168 valence electrons. The van der Waals surface area contributed by atoms with Gasteiger partial charge in [-0.1, -0.05) is 12.1 Å². The number of halogens is 4. The summed E-state index contributed by atoms with van der Waals surface area (Å²) in [5.41, 5.74) is 1.05. The fourth-order valence-corrected chi connectivity index (χ4v) is 4.10. The molecule has 0 aliphatic carbocycles. The summed E-state index contributed by atoms with van der Waals surface area (Å²) in [6.45, 7) is 6.81. The average Bonchev–Trinajstić information content (AvgIpc) is 2.66. The molecule has 1 saturated heterocycles. The molecule has 1 N–H and O–H groups in total. The second-order valence-electron chi connectivity index (χ2n) is 8.50. The standard InChI is InChI=1S/C22H25BrF3N3O2/c1-21(2,3)31-20(30)28-16-8-10-29(11-9-16)19-17(12-27-13-18(19)23)14-4-6-15(7-5-14)22(24,25)26/h4-7,12-13,16H,8-11H2,1-3H3,(H,28,30). The summed E-state index contributed by atoms with van der Waals surface area (Å²) in [4.78, 5) is 18.4. The molecule has 0 unspecified atom stereocenters. The summed E-state index contributed by atoms with van der Waals surface area (Å²) >= 11 is 3.54. The van der Waals surface area contributed by atoms with E-state index in [1.54, 1.807) is 12.4 Å². The number of benzene rings is 1. The van der Waals surface area contributed by atoms with Crippen molar-refractivity contribution in [1.29, 1.82) is 0 Å². The Labute approximate surface area is 188 Å². The number of anilines is 1. The van der Waals surface area contributed by atoms with Crippen molar-refractivity contribution in [3.05, 3.63) is 46.7 Å². The number of piperidine rings is 1. The van der Waals surface area contributed by atoms with Crippen LogP contribution in [0.2, 0.25) is 0 Å². The van der Waals surface area contributed by atoms with Gasteiger partial charge in [-0.25, -0.2) is 4.79 Å². The van der Waals surface area contributed by atoms with Crippen molar-refractivity contribution >= 4 is 27.7 Å². The average molecular weight is 500 g/mol. The van der Waals surface area contributed by atoms with E-state index in [2.05, 4.69) is 31.1 Å². The van der Waals surface area contributed by atoms with Crippen molar-refractivity contribution in [2.75, 3.05) is 18.0 Å². The summed E-state index contributed by atoms with van der Waals surface area (Å²) in [6, 6.07) is 5.09. The van der Waals surface area contributed by atoms with Gasteiger partial charge in [0.2, 0.25) is 0 Å². The first-order valence-electron chi connectivity index (χ1n) is 9.99. The molecule has 31 heavy (non-hydrogen) atoms. The Bertz CT molecular complexity index is 919. The van der Waals surface area contributed by atoms with E-state index in [9.17, 15) is 18.0 Å². The summed E-state index contributed by atoms with van der Waals surface area (Å²) < 4.78 is 44.8. The minimum absolute atomic E-state index is 0.00114. The SMILES string of the molecule is CC(C)(C)OC(=O)NC1CCN(c2c(Br)cncc2-c2ccc(C(F)(F)F)cc2)CC1. The van der Waals surface area contributed by atoms with Crippen molar-refractivity contribution in [2.24, 2.45) is 0 Å². The molecule has 5 nitrogen and oxygen atoms in total. The van der Waals surface area contributed by atoms with E-state index in [0.717, 1.165) is 40.7 Å². The van der Waals surface area contributed by atoms with Gasteiger partial charge in [0.05, 0.1) is 15.7 Å². The molecule has 0 bridgehead atoms. The molecule has 1 aliphatic heterocycles. The predicted octanol–water partition coefficient (Wildman–Crippen LogP) is 6.02. The van der Waals surface area contributed by atoms with E-state index < -0.39 is 23.4 Å². The highest BCUT2D eigenvalue weighted by atomic mass is 79.9. The van der Waals surface area contributed by atoms with E-state index in [1.807, 2.05) is 20.8 Å². The first kappa shape index (κ1) is 23.4. The van der Waals surface area contributed by atoms with Crippen molar-refractivity contribution in [1.82, 2.24) is 10.3 Å². The Balaban J connectivity index is 1.74. The number of carbonyl (C=O) groups excluding carboxylic acids is 1. The van der Waals surface area contributed by atoms with Crippen LogP contribution in [0.25, 0.3) is 11.1 Å². The van der Waals surface area contributed by atoms with Gasteiger partial charge in [-0.15, -0.1) is 0 Å². The number of rotatable bonds is 3. The molecule has 1 aliphatic rings. The Morgan fingerprint density at radius 3 is 2.29 bits per heavy atom. The van der Waals surface area contributed by atoms with Gasteiger partial charge in [0.1, 0.15) is 5.60 Å². The van der Waals surface area contributed by atoms with Crippen molar-refractivity contribution in [3.63, 3.8) is 0 Å². The maximum Gasteiger partial charge on any atom is 0.416 e. The van der Waals surface area contributed by atoms with Crippen LogP contribution in [0.5, 0.6) is 0 Å². The van der Waals surface area contributed by atoms with Crippen LogP contribution < -0.4 is 10.2 Å². The van der Waals surface area contributed by atoms with Crippen LogP contribution in [-0.2, 0) is 10.9 Å². The number of hydrogen-bond donors (Lipinski definition) is 1. The highest BCUT2D eigenvalue weighted by Crippen LogP contribution is 2.39. The third kappa shape index (κ3) is 6.12. The van der Waals surface area contributed by atoms with Gasteiger partial charge in [-0.2, -0.15) is 13.2 Å². The number of carbonyl (C=O) groups is 1. The molecule has 2 aromatic rings. The molecule has 0 saturated carbocycles. The molecule has 1 aromatic carbocycles. The van der Waals surface area contributed by atoms with Crippen LogP contribution >= 0.6 is 15.9 Å². The van der Waals surface area contributed by atoms with Crippen LogP contribution in [0.1, 0.15) is 39.2 Å². The normalized spacial score (nSPS) is 15.6. The van der Waals surface area contributed by atoms with E-state index in [0.29, 0.717) is 18.7 Å². The minimum Gasteiger partial charge on any atom is -0.444 e. The number of ether oxygens (including phenoxy) is 1. The zero-order chi connectivity index (χ0) is 22.8. The van der Waals surface area contributed by atoms with Gasteiger partial charge in [-0.3, -0.25) is 4.98 Å². The van der Waals surface area contributed by atoms with E-state index in [4.69, 9.17) is 4.74 Å². The van der Waals surface area contributed by atoms with Gasteiger partial charge in [0.25, 0.3) is 0 Å². The van der Waals surface area contributed by atoms with Crippen LogP contribution in [-0.4, -0.2) is 35.8 Å².